The second-order valence-corrected chi connectivity index (χ2v) is 12.8. The van der Waals surface area contributed by atoms with Gasteiger partial charge in [0.2, 0.25) is 15.9 Å². The monoisotopic (exact) mass is 543 g/mol. The lowest BCUT2D eigenvalue weighted by molar-refractivity contribution is -0.138. The van der Waals surface area contributed by atoms with Crippen LogP contribution in [-0.4, -0.2) is 67.2 Å². The van der Waals surface area contributed by atoms with Crippen molar-refractivity contribution in [2.24, 2.45) is 0 Å². The third-order valence-corrected chi connectivity index (χ3v) is 10.5. The van der Waals surface area contributed by atoms with E-state index in [1.54, 1.807) is 23.5 Å². The van der Waals surface area contributed by atoms with Crippen molar-refractivity contribution in [1.82, 2.24) is 14.1 Å². The van der Waals surface area contributed by atoms with Crippen molar-refractivity contribution >= 4 is 38.9 Å². The third-order valence-electron chi connectivity index (χ3n) is 7.34. The molecule has 2 atom stereocenters. The normalized spacial score (nSPS) is 20.2. The summed E-state index contributed by atoms with van der Waals surface area (Å²) in [7, 11) is -3.62. The molecule has 36 heavy (non-hydrogen) atoms. The first-order valence-corrected chi connectivity index (χ1v) is 14.9. The SMILES string of the molecule is Cc1ccccc1[C@H]1c2ccsc2CCN1[C@@H](C)C(=O)N1CCN(S(=O)(=O)c2ccc(Cl)cc2)CC1. The molecule has 2 aliphatic heterocycles. The van der Waals surface area contributed by atoms with Crippen molar-refractivity contribution < 1.29 is 13.2 Å². The van der Waals surface area contributed by atoms with Crippen LogP contribution >= 0.6 is 22.9 Å². The number of hydrogen-bond donors (Lipinski definition) is 0. The average Bonchev–Trinajstić information content (AvgIpc) is 3.37. The van der Waals surface area contributed by atoms with Gasteiger partial charge < -0.3 is 4.90 Å². The molecule has 0 N–H and O–H groups in total. The van der Waals surface area contributed by atoms with Crippen molar-refractivity contribution in [3.8, 4) is 0 Å². The summed E-state index contributed by atoms with van der Waals surface area (Å²) in [6.45, 7) is 6.23. The molecule has 1 saturated heterocycles. The molecule has 1 aromatic heterocycles. The van der Waals surface area contributed by atoms with Crippen LogP contribution in [0.1, 0.15) is 34.5 Å². The minimum atomic E-state index is -3.62. The number of benzene rings is 2. The molecule has 9 heteroatoms. The summed E-state index contributed by atoms with van der Waals surface area (Å²) >= 11 is 7.71. The Morgan fingerprint density at radius 2 is 1.67 bits per heavy atom. The van der Waals surface area contributed by atoms with Crippen LogP contribution < -0.4 is 0 Å². The Labute approximate surface area is 222 Å². The molecule has 2 aliphatic rings. The number of sulfonamides is 1. The van der Waals surface area contributed by atoms with E-state index >= 15 is 0 Å². The van der Waals surface area contributed by atoms with Crippen molar-refractivity contribution in [3.05, 3.63) is 86.6 Å². The lowest BCUT2D eigenvalue weighted by Crippen LogP contribution is -2.56. The number of piperazine rings is 1. The van der Waals surface area contributed by atoms with Crippen LogP contribution in [0.2, 0.25) is 5.02 Å². The van der Waals surface area contributed by atoms with Gasteiger partial charge in [-0.2, -0.15) is 4.31 Å². The highest BCUT2D eigenvalue weighted by molar-refractivity contribution is 7.89. The maximum absolute atomic E-state index is 13.7. The highest BCUT2D eigenvalue weighted by Crippen LogP contribution is 2.40. The lowest BCUT2D eigenvalue weighted by Gasteiger charge is -2.42. The van der Waals surface area contributed by atoms with E-state index in [-0.39, 0.29) is 36.0 Å². The van der Waals surface area contributed by atoms with Crippen LogP contribution in [0.25, 0.3) is 0 Å². The number of hydrogen-bond acceptors (Lipinski definition) is 5. The molecule has 0 spiro atoms. The van der Waals surface area contributed by atoms with E-state index in [1.807, 2.05) is 17.9 Å². The molecular weight excluding hydrogens is 514 g/mol. The summed E-state index contributed by atoms with van der Waals surface area (Å²) < 4.78 is 27.6. The fourth-order valence-electron chi connectivity index (χ4n) is 5.30. The first-order chi connectivity index (χ1) is 17.3. The van der Waals surface area contributed by atoms with E-state index in [4.69, 9.17) is 11.6 Å². The van der Waals surface area contributed by atoms with E-state index < -0.39 is 10.0 Å². The zero-order valence-corrected chi connectivity index (χ0v) is 22.8. The number of nitrogens with zero attached hydrogens (tertiary/aromatic N) is 3. The summed E-state index contributed by atoms with van der Waals surface area (Å²) in [6.07, 6.45) is 0.931. The zero-order chi connectivity index (χ0) is 25.4. The minimum Gasteiger partial charge on any atom is -0.339 e. The fraction of sp³-hybridized carbons (Fsp3) is 0.370. The van der Waals surface area contributed by atoms with Crippen molar-refractivity contribution in [3.63, 3.8) is 0 Å². The predicted octanol–water partition coefficient (Wildman–Crippen LogP) is 4.58. The van der Waals surface area contributed by atoms with Crippen LogP contribution in [0.15, 0.2) is 64.9 Å². The molecular formula is C27H30ClN3O3S2. The van der Waals surface area contributed by atoms with E-state index in [0.29, 0.717) is 18.1 Å². The summed E-state index contributed by atoms with van der Waals surface area (Å²) in [5, 5.41) is 2.64. The molecule has 0 unspecified atom stereocenters. The van der Waals surface area contributed by atoms with Gasteiger partial charge in [0, 0.05) is 42.6 Å². The Kier molecular flexibility index (Phi) is 7.25. The minimum absolute atomic E-state index is 0.0340. The molecule has 1 amide bonds. The number of carbonyl (C=O) groups excluding carboxylic acids is 1. The topological polar surface area (TPSA) is 60.9 Å². The maximum Gasteiger partial charge on any atom is 0.243 e. The molecule has 0 saturated carbocycles. The van der Waals surface area contributed by atoms with Gasteiger partial charge in [0.1, 0.15) is 0 Å². The molecule has 6 nitrogen and oxygen atoms in total. The van der Waals surface area contributed by atoms with Crippen molar-refractivity contribution in [2.45, 2.75) is 37.2 Å². The molecule has 190 valence electrons. The Hall–Kier alpha value is -2.23. The van der Waals surface area contributed by atoms with Gasteiger partial charge in [0.25, 0.3) is 0 Å². The van der Waals surface area contributed by atoms with Crippen LogP contribution in [-0.2, 0) is 21.2 Å². The Morgan fingerprint density at radius 1 is 0.972 bits per heavy atom. The number of aryl methyl sites for hydroxylation is 1. The summed E-state index contributed by atoms with van der Waals surface area (Å²) in [5.41, 5.74) is 3.74. The predicted molar refractivity (Wildman–Crippen MR) is 144 cm³/mol. The third kappa shape index (κ3) is 4.73. The molecule has 2 aromatic carbocycles. The number of thiophene rings is 1. The largest absolute Gasteiger partial charge is 0.339 e. The number of carbonyl (C=O) groups is 1. The van der Waals surface area contributed by atoms with Gasteiger partial charge in [-0.15, -0.1) is 11.3 Å². The fourth-order valence-corrected chi connectivity index (χ4v) is 7.76. The number of fused-ring (bicyclic) bond motifs is 1. The van der Waals surface area contributed by atoms with Crippen LogP contribution in [0.4, 0.5) is 0 Å². The van der Waals surface area contributed by atoms with Gasteiger partial charge in [-0.25, -0.2) is 8.42 Å². The summed E-state index contributed by atoms with van der Waals surface area (Å²) in [6, 6.07) is 16.5. The molecule has 3 aromatic rings. The van der Waals surface area contributed by atoms with E-state index in [2.05, 4.69) is 41.5 Å². The molecule has 0 aliphatic carbocycles. The number of rotatable bonds is 5. The van der Waals surface area contributed by atoms with E-state index in [0.717, 1.165) is 13.0 Å². The second kappa shape index (κ2) is 10.3. The van der Waals surface area contributed by atoms with E-state index in [1.165, 1.54) is 38.0 Å². The highest BCUT2D eigenvalue weighted by atomic mass is 35.5. The Bertz CT molecular complexity index is 1350. The summed E-state index contributed by atoms with van der Waals surface area (Å²) in [5.74, 6) is 0.0517. The second-order valence-electron chi connectivity index (χ2n) is 9.41. The van der Waals surface area contributed by atoms with Crippen LogP contribution in [0, 0.1) is 6.92 Å². The Morgan fingerprint density at radius 3 is 2.36 bits per heavy atom. The number of amides is 1. The van der Waals surface area contributed by atoms with Gasteiger partial charge in [-0.05, 0) is 72.7 Å². The molecule has 5 rings (SSSR count). The molecule has 3 heterocycles. The van der Waals surface area contributed by atoms with Gasteiger partial charge in [0.05, 0.1) is 17.0 Å². The standard InChI is InChI=1S/C27H30ClN3O3S2/c1-19-5-3-4-6-23(19)26-24-12-18-35-25(24)11-13-31(26)20(2)27(32)29-14-16-30(17-15-29)36(33,34)22-9-7-21(28)8-10-22/h3-10,12,18,20,26H,11,13-17H2,1-2H3/t20-,26-/m0/s1. The van der Waals surface area contributed by atoms with Crippen molar-refractivity contribution in [2.75, 3.05) is 32.7 Å². The molecule has 0 radical (unpaired) electrons. The van der Waals surface area contributed by atoms with Crippen molar-refractivity contribution in [1.29, 1.82) is 0 Å². The zero-order valence-electron chi connectivity index (χ0n) is 20.4. The van der Waals surface area contributed by atoms with Gasteiger partial charge >= 0.3 is 0 Å². The first-order valence-electron chi connectivity index (χ1n) is 12.2. The number of halogens is 1. The van der Waals surface area contributed by atoms with E-state index in [9.17, 15) is 13.2 Å². The molecule has 1 fully saturated rings. The van der Waals surface area contributed by atoms with Gasteiger partial charge in [0.15, 0.2) is 0 Å². The quantitative estimate of drug-likeness (QED) is 0.472. The summed E-state index contributed by atoms with van der Waals surface area (Å²) in [4.78, 5) is 19.4. The maximum atomic E-state index is 13.7. The smallest absolute Gasteiger partial charge is 0.243 e. The lowest BCUT2D eigenvalue weighted by atomic mass is 9.89. The highest BCUT2D eigenvalue weighted by Gasteiger charge is 2.38. The average molecular weight is 544 g/mol. The van der Waals surface area contributed by atoms with Gasteiger partial charge in [-0.3, -0.25) is 9.69 Å². The van der Waals surface area contributed by atoms with Crippen LogP contribution in [0.3, 0.4) is 0 Å². The molecule has 0 bridgehead atoms. The van der Waals surface area contributed by atoms with Gasteiger partial charge in [-0.1, -0.05) is 35.9 Å². The van der Waals surface area contributed by atoms with Crippen LogP contribution in [0.5, 0.6) is 0 Å². The first kappa shape index (κ1) is 25.4. The Balaban J connectivity index is 1.32.